The molecule has 0 spiro atoms. The Hall–Kier alpha value is -0.180. The summed E-state index contributed by atoms with van der Waals surface area (Å²) in [6.45, 7) is 5.15. The zero-order chi connectivity index (χ0) is 9.99. The van der Waals surface area contributed by atoms with Crippen molar-refractivity contribution < 1.29 is 8.78 Å². The van der Waals surface area contributed by atoms with Crippen LogP contribution in [0.5, 0.6) is 0 Å². The number of nitrogens with zero attached hydrogens (tertiary/aromatic N) is 1. The summed E-state index contributed by atoms with van der Waals surface area (Å²) in [6.07, 6.45) is -0.0660. The summed E-state index contributed by atoms with van der Waals surface area (Å²) in [5.41, 5.74) is -0.928. The maximum Gasteiger partial charge on any atom is 0.254 e. The minimum Gasteiger partial charge on any atom is -0.309 e. The Morgan fingerprint density at radius 1 is 1.08 bits per heavy atom. The molecule has 74 valence electrons. The molecule has 0 aromatic carbocycles. The predicted octanol–water partition coefficient (Wildman–Crippen LogP) is 2.62. The summed E-state index contributed by atoms with van der Waals surface area (Å²) in [5.74, 6) is -2.57. The molecule has 0 bridgehead atoms. The zero-order valence-corrected chi connectivity index (χ0v) is 8.62. The molecular formula is C9H19F2N. The molecule has 0 rings (SSSR count). The maximum atomic E-state index is 13.3. The van der Waals surface area contributed by atoms with Gasteiger partial charge in [-0.15, -0.1) is 0 Å². The average Bonchev–Trinajstić information content (AvgIpc) is 1.81. The van der Waals surface area contributed by atoms with Crippen molar-refractivity contribution in [2.75, 3.05) is 20.6 Å². The van der Waals surface area contributed by atoms with Crippen molar-refractivity contribution in [3.8, 4) is 0 Å². The third kappa shape index (κ3) is 3.48. The molecule has 0 fully saturated rings. The van der Waals surface area contributed by atoms with Gasteiger partial charge >= 0.3 is 0 Å². The van der Waals surface area contributed by atoms with Gasteiger partial charge in [-0.1, -0.05) is 20.8 Å². The van der Waals surface area contributed by atoms with Crippen LogP contribution in [-0.2, 0) is 0 Å². The third-order valence-corrected chi connectivity index (χ3v) is 1.97. The highest BCUT2D eigenvalue weighted by Gasteiger charge is 2.42. The van der Waals surface area contributed by atoms with Crippen LogP contribution in [0.25, 0.3) is 0 Å². The number of rotatable bonds is 3. The van der Waals surface area contributed by atoms with Gasteiger partial charge < -0.3 is 4.90 Å². The van der Waals surface area contributed by atoms with E-state index in [1.165, 1.54) is 0 Å². The van der Waals surface area contributed by atoms with Gasteiger partial charge in [0.15, 0.2) is 0 Å². The molecule has 0 saturated carbocycles. The van der Waals surface area contributed by atoms with Crippen LogP contribution in [0.2, 0.25) is 0 Å². The fraction of sp³-hybridized carbons (Fsp3) is 1.00. The first-order valence-corrected chi connectivity index (χ1v) is 4.19. The Bertz CT molecular complexity index is 136. The van der Waals surface area contributed by atoms with Gasteiger partial charge in [-0.25, -0.2) is 8.78 Å². The van der Waals surface area contributed by atoms with Crippen LogP contribution in [0.15, 0.2) is 0 Å². The van der Waals surface area contributed by atoms with E-state index >= 15 is 0 Å². The lowest BCUT2D eigenvalue weighted by Crippen LogP contribution is -2.36. The van der Waals surface area contributed by atoms with Gasteiger partial charge in [-0.3, -0.25) is 0 Å². The molecule has 1 nitrogen and oxygen atoms in total. The van der Waals surface area contributed by atoms with Gasteiger partial charge in [-0.05, 0) is 14.1 Å². The van der Waals surface area contributed by atoms with Crippen LogP contribution in [0.3, 0.4) is 0 Å². The quantitative estimate of drug-likeness (QED) is 0.643. The molecule has 0 aliphatic heterocycles. The van der Waals surface area contributed by atoms with E-state index < -0.39 is 11.3 Å². The lowest BCUT2D eigenvalue weighted by molar-refractivity contribution is -0.105. The molecule has 0 N–H and O–H groups in total. The van der Waals surface area contributed by atoms with Gasteiger partial charge in [0.1, 0.15) is 0 Å². The first-order chi connectivity index (χ1) is 5.17. The number of hydrogen-bond acceptors (Lipinski definition) is 1. The van der Waals surface area contributed by atoms with Crippen molar-refractivity contribution in [3.63, 3.8) is 0 Å². The van der Waals surface area contributed by atoms with E-state index in [1.807, 2.05) is 0 Å². The van der Waals surface area contributed by atoms with E-state index in [-0.39, 0.29) is 6.42 Å². The van der Waals surface area contributed by atoms with Gasteiger partial charge in [0.05, 0.1) is 0 Å². The molecule has 3 heteroatoms. The van der Waals surface area contributed by atoms with Crippen LogP contribution in [-0.4, -0.2) is 31.5 Å². The summed E-state index contributed by atoms with van der Waals surface area (Å²) in [5, 5.41) is 0. The van der Waals surface area contributed by atoms with Crippen LogP contribution in [0.1, 0.15) is 27.2 Å². The molecule has 0 amide bonds. The first kappa shape index (κ1) is 11.8. The summed E-state index contributed by atoms with van der Waals surface area (Å²) >= 11 is 0. The molecule has 0 radical (unpaired) electrons. The SMILES string of the molecule is CN(C)CCC(F)(F)C(C)(C)C. The summed E-state index contributed by atoms with van der Waals surface area (Å²) in [7, 11) is 3.61. The Labute approximate surface area is 73.7 Å². The van der Waals surface area contributed by atoms with Crippen LogP contribution >= 0.6 is 0 Å². The van der Waals surface area contributed by atoms with E-state index in [4.69, 9.17) is 0 Å². The lowest BCUT2D eigenvalue weighted by atomic mass is 9.86. The van der Waals surface area contributed by atoms with Gasteiger partial charge in [-0.2, -0.15) is 0 Å². The normalized spacial score (nSPS) is 14.0. The van der Waals surface area contributed by atoms with Crippen molar-refractivity contribution in [2.24, 2.45) is 5.41 Å². The number of alkyl halides is 2. The molecule has 0 heterocycles. The highest BCUT2D eigenvalue weighted by Crippen LogP contribution is 2.38. The molecule has 0 aromatic rings. The highest BCUT2D eigenvalue weighted by molar-refractivity contribution is 4.81. The van der Waals surface area contributed by atoms with Gasteiger partial charge in [0.2, 0.25) is 0 Å². The lowest BCUT2D eigenvalue weighted by Gasteiger charge is -2.31. The molecule has 0 saturated heterocycles. The minimum absolute atomic E-state index is 0.0660. The van der Waals surface area contributed by atoms with E-state index in [0.717, 1.165) is 0 Å². The standard InChI is InChI=1S/C9H19F2N/c1-8(2,3)9(10,11)6-7-12(4)5/h6-7H2,1-5H3. The molecule has 0 atom stereocenters. The second kappa shape index (κ2) is 3.69. The predicted molar refractivity (Wildman–Crippen MR) is 47.6 cm³/mol. The Morgan fingerprint density at radius 3 is 1.75 bits per heavy atom. The van der Waals surface area contributed by atoms with Crippen LogP contribution in [0.4, 0.5) is 8.78 Å². The van der Waals surface area contributed by atoms with Crippen molar-refractivity contribution in [1.29, 1.82) is 0 Å². The zero-order valence-electron chi connectivity index (χ0n) is 8.62. The highest BCUT2D eigenvalue weighted by atomic mass is 19.3. The van der Waals surface area contributed by atoms with E-state index in [2.05, 4.69) is 0 Å². The van der Waals surface area contributed by atoms with Crippen molar-refractivity contribution in [2.45, 2.75) is 33.1 Å². The Balaban J connectivity index is 4.05. The summed E-state index contributed by atoms with van der Waals surface area (Å²) in [6, 6.07) is 0. The monoisotopic (exact) mass is 179 g/mol. The average molecular weight is 179 g/mol. The fourth-order valence-electron chi connectivity index (χ4n) is 0.739. The van der Waals surface area contributed by atoms with Gasteiger partial charge in [0.25, 0.3) is 5.92 Å². The molecule has 0 aromatic heterocycles. The van der Waals surface area contributed by atoms with Crippen LogP contribution in [0, 0.1) is 5.41 Å². The Morgan fingerprint density at radius 2 is 1.50 bits per heavy atom. The third-order valence-electron chi connectivity index (χ3n) is 1.97. The van der Waals surface area contributed by atoms with Gasteiger partial charge in [0, 0.05) is 18.4 Å². The summed E-state index contributed by atoms with van der Waals surface area (Å²) < 4.78 is 26.5. The van der Waals surface area contributed by atoms with E-state index in [1.54, 1.807) is 39.8 Å². The van der Waals surface area contributed by atoms with Crippen molar-refractivity contribution in [1.82, 2.24) is 4.90 Å². The largest absolute Gasteiger partial charge is 0.309 e. The van der Waals surface area contributed by atoms with Crippen molar-refractivity contribution in [3.05, 3.63) is 0 Å². The van der Waals surface area contributed by atoms with Crippen molar-refractivity contribution >= 4 is 0 Å². The molecule has 0 aliphatic rings. The molecule has 0 unspecified atom stereocenters. The van der Waals surface area contributed by atoms with E-state index in [0.29, 0.717) is 6.54 Å². The molecule has 12 heavy (non-hydrogen) atoms. The second-order valence-electron chi connectivity index (χ2n) is 4.51. The topological polar surface area (TPSA) is 3.24 Å². The smallest absolute Gasteiger partial charge is 0.254 e. The molecule has 0 aliphatic carbocycles. The summed E-state index contributed by atoms with van der Waals surface area (Å²) in [4.78, 5) is 1.78. The fourth-order valence-corrected chi connectivity index (χ4v) is 0.739. The number of halogens is 2. The first-order valence-electron chi connectivity index (χ1n) is 4.19. The minimum atomic E-state index is -2.57. The Kier molecular flexibility index (Phi) is 3.63. The number of hydrogen-bond donors (Lipinski definition) is 0. The molecular weight excluding hydrogens is 160 g/mol. The maximum absolute atomic E-state index is 13.3. The van der Waals surface area contributed by atoms with Crippen LogP contribution < -0.4 is 0 Å². The second-order valence-corrected chi connectivity index (χ2v) is 4.51. The van der Waals surface area contributed by atoms with E-state index in [9.17, 15) is 8.78 Å².